The summed E-state index contributed by atoms with van der Waals surface area (Å²) >= 11 is 0. The summed E-state index contributed by atoms with van der Waals surface area (Å²) in [5.41, 5.74) is 1.91. The van der Waals surface area contributed by atoms with Gasteiger partial charge in [0.2, 0.25) is 6.79 Å². The van der Waals surface area contributed by atoms with E-state index in [1.54, 1.807) is 6.33 Å². The normalized spacial score (nSPS) is 22.5. The first-order valence-electron chi connectivity index (χ1n) is 8.40. The summed E-state index contributed by atoms with van der Waals surface area (Å²) in [4.78, 5) is 13.9. The molecule has 0 bridgehead atoms. The maximum atomic E-state index is 10.8. The van der Waals surface area contributed by atoms with Crippen molar-refractivity contribution in [2.24, 2.45) is 0 Å². The topological polar surface area (TPSA) is 83.5 Å². The van der Waals surface area contributed by atoms with Crippen molar-refractivity contribution >= 4 is 16.9 Å². The van der Waals surface area contributed by atoms with Gasteiger partial charge < -0.3 is 24.5 Å². The molecule has 7 nitrogen and oxygen atoms in total. The lowest BCUT2D eigenvalue weighted by Crippen LogP contribution is -2.43. The van der Waals surface area contributed by atoms with E-state index < -0.39 is 6.10 Å². The minimum Gasteiger partial charge on any atom is -0.454 e. The van der Waals surface area contributed by atoms with Crippen molar-refractivity contribution in [3.05, 3.63) is 42.4 Å². The van der Waals surface area contributed by atoms with Gasteiger partial charge in [0.25, 0.3) is 0 Å². The number of aliphatic hydroxyl groups excluding tert-OH is 1. The molecular formula is C18H18N4O3. The Hall–Kier alpha value is -2.80. The number of rotatable bonds is 2. The minimum absolute atomic E-state index is 0.0781. The largest absolute Gasteiger partial charge is 0.454 e. The first-order valence-corrected chi connectivity index (χ1v) is 8.40. The lowest BCUT2D eigenvalue weighted by atomic mass is 9.87. The van der Waals surface area contributed by atoms with E-state index >= 15 is 0 Å². The highest BCUT2D eigenvalue weighted by Crippen LogP contribution is 2.38. The van der Waals surface area contributed by atoms with Gasteiger partial charge in [-0.3, -0.25) is 0 Å². The van der Waals surface area contributed by atoms with Crippen LogP contribution in [0, 0.1) is 0 Å². The molecule has 4 heterocycles. The summed E-state index contributed by atoms with van der Waals surface area (Å²) in [6, 6.07) is 7.90. The molecule has 0 aliphatic carbocycles. The maximum absolute atomic E-state index is 10.8. The number of H-pyrrole nitrogens is 1. The number of aromatic nitrogens is 3. The van der Waals surface area contributed by atoms with Crippen LogP contribution in [0.4, 0.5) is 5.82 Å². The average molecular weight is 338 g/mol. The molecule has 2 N–H and O–H groups in total. The summed E-state index contributed by atoms with van der Waals surface area (Å²) in [6.07, 6.45) is 3.79. The number of hydrogen-bond acceptors (Lipinski definition) is 6. The fourth-order valence-corrected chi connectivity index (χ4v) is 3.77. The molecule has 0 saturated carbocycles. The third-order valence-electron chi connectivity index (χ3n) is 5.04. The van der Waals surface area contributed by atoms with E-state index in [0.29, 0.717) is 6.54 Å². The highest BCUT2D eigenvalue weighted by atomic mass is 16.7. The first-order chi connectivity index (χ1) is 12.3. The number of ether oxygens (including phenoxy) is 2. The second-order valence-electron chi connectivity index (χ2n) is 6.46. The third kappa shape index (κ3) is 2.39. The van der Waals surface area contributed by atoms with Gasteiger partial charge in [0.05, 0.1) is 11.5 Å². The molecule has 2 aliphatic heterocycles. The number of aromatic amines is 1. The molecule has 128 valence electrons. The quantitative estimate of drug-likeness (QED) is 0.744. The molecule has 0 unspecified atom stereocenters. The van der Waals surface area contributed by atoms with Gasteiger partial charge in [-0.15, -0.1) is 0 Å². The van der Waals surface area contributed by atoms with Gasteiger partial charge in [-0.25, -0.2) is 9.97 Å². The van der Waals surface area contributed by atoms with Crippen LogP contribution >= 0.6 is 0 Å². The maximum Gasteiger partial charge on any atom is 0.231 e. The Morgan fingerprint density at radius 3 is 3.00 bits per heavy atom. The van der Waals surface area contributed by atoms with Crippen molar-refractivity contribution in [1.82, 2.24) is 15.0 Å². The van der Waals surface area contributed by atoms with Crippen molar-refractivity contribution in [3.8, 4) is 11.5 Å². The SMILES string of the molecule is O[C@@H]1CN(c2ncnc3[nH]ccc23)CC[C@H]1c1ccc2c(c1)OCO2. The molecule has 0 amide bonds. The molecule has 25 heavy (non-hydrogen) atoms. The van der Waals surface area contributed by atoms with Crippen molar-refractivity contribution in [1.29, 1.82) is 0 Å². The Bertz CT molecular complexity index is 926. The van der Waals surface area contributed by atoms with E-state index in [1.807, 2.05) is 30.5 Å². The van der Waals surface area contributed by atoms with Gasteiger partial charge in [0.15, 0.2) is 11.5 Å². The lowest BCUT2D eigenvalue weighted by molar-refractivity contribution is 0.129. The Labute approximate surface area is 144 Å². The van der Waals surface area contributed by atoms with E-state index in [0.717, 1.165) is 46.9 Å². The molecule has 1 saturated heterocycles. The van der Waals surface area contributed by atoms with Crippen LogP contribution in [-0.2, 0) is 0 Å². The average Bonchev–Trinajstić information content (AvgIpc) is 3.29. The van der Waals surface area contributed by atoms with Crippen LogP contribution in [0.5, 0.6) is 11.5 Å². The van der Waals surface area contributed by atoms with Crippen LogP contribution in [0.1, 0.15) is 17.9 Å². The van der Waals surface area contributed by atoms with Crippen LogP contribution in [0.3, 0.4) is 0 Å². The van der Waals surface area contributed by atoms with Gasteiger partial charge >= 0.3 is 0 Å². The van der Waals surface area contributed by atoms with Gasteiger partial charge in [0, 0.05) is 25.2 Å². The fraction of sp³-hybridized carbons (Fsp3) is 0.333. The summed E-state index contributed by atoms with van der Waals surface area (Å²) in [7, 11) is 0. The number of benzene rings is 1. The molecule has 1 fully saturated rings. The number of anilines is 1. The predicted octanol–water partition coefficient (Wildman–Crippen LogP) is 2.04. The van der Waals surface area contributed by atoms with Crippen molar-refractivity contribution in [3.63, 3.8) is 0 Å². The van der Waals surface area contributed by atoms with Crippen LogP contribution in [-0.4, -0.2) is 46.0 Å². The lowest BCUT2D eigenvalue weighted by Gasteiger charge is -2.37. The molecule has 5 rings (SSSR count). The molecule has 2 aliphatic rings. The highest BCUT2D eigenvalue weighted by molar-refractivity contribution is 5.87. The number of nitrogens with zero attached hydrogens (tertiary/aromatic N) is 3. The molecule has 0 radical (unpaired) electrons. The third-order valence-corrected chi connectivity index (χ3v) is 5.04. The molecule has 2 aromatic heterocycles. The summed E-state index contributed by atoms with van der Waals surface area (Å²) < 4.78 is 10.8. The minimum atomic E-state index is -0.474. The smallest absolute Gasteiger partial charge is 0.231 e. The Balaban J connectivity index is 1.39. The number of aliphatic hydroxyl groups is 1. The standard InChI is InChI=1S/C18H18N4O3/c23-14-8-22(18-13-3-5-19-17(13)20-9-21-18)6-4-12(14)11-1-2-15-16(7-11)25-10-24-15/h1-3,5,7,9,12,14,23H,4,6,8,10H2,(H,19,20,21)/t12-,14+/m0/s1. The second-order valence-corrected chi connectivity index (χ2v) is 6.46. The van der Waals surface area contributed by atoms with Crippen molar-refractivity contribution in [2.75, 3.05) is 24.8 Å². The van der Waals surface area contributed by atoms with E-state index in [9.17, 15) is 5.11 Å². The Morgan fingerprint density at radius 1 is 1.16 bits per heavy atom. The van der Waals surface area contributed by atoms with Crippen LogP contribution in [0.2, 0.25) is 0 Å². The predicted molar refractivity (Wildman–Crippen MR) is 92.0 cm³/mol. The molecule has 0 spiro atoms. The van der Waals surface area contributed by atoms with E-state index in [1.165, 1.54) is 0 Å². The van der Waals surface area contributed by atoms with E-state index in [4.69, 9.17) is 9.47 Å². The Kier molecular flexibility index (Phi) is 3.27. The van der Waals surface area contributed by atoms with E-state index in [2.05, 4.69) is 19.9 Å². The van der Waals surface area contributed by atoms with Gasteiger partial charge in [0.1, 0.15) is 17.8 Å². The zero-order chi connectivity index (χ0) is 16.8. The molecule has 1 aromatic carbocycles. The zero-order valence-electron chi connectivity index (χ0n) is 13.6. The highest BCUT2D eigenvalue weighted by Gasteiger charge is 2.31. The van der Waals surface area contributed by atoms with Gasteiger partial charge in [-0.05, 0) is 30.2 Å². The van der Waals surface area contributed by atoms with Crippen molar-refractivity contribution < 1.29 is 14.6 Å². The number of piperidine rings is 1. The molecule has 3 aromatic rings. The van der Waals surface area contributed by atoms with Crippen LogP contribution in [0.15, 0.2) is 36.8 Å². The molecular weight excluding hydrogens is 320 g/mol. The number of nitrogens with one attached hydrogen (secondary N) is 1. The summed E-state index contributed by atoms with van der Waals surface area (Å²) in [5, 5.41) is 11.7. The summed E-state index contributed by atoms with van der Waals surface area (Å²) in [5.74, 6) is 2.48. The molecule has 2 atom stereocenters. The zero-order valence-corrected chi connectivity index (χ0v) is 13.6. The Morgan fingerprint density at radius 2 is 2.08 bits per heavy atom. The molecule has 7 heteroatoms. The number of β-amino-alcohol motifs (C(OH)–C–C–N with tert-alkyl or cyclic N) is 1. The van der Waals surface area contributed by atoms with Gasteiger partial charge in [-0.1, -0.05) is 6.07 Å². The van der Waals surface area contributed by atoms with Crippen LogP contribution < -0.4 is 14.4 Å². The van der Waals surface area contributed by atoms with Crippen molar-refractivity contribution in [2.45, 2.75) is 18.4 Å². The van der Waals surface area contributed by atoms with E-state index in [-0.39, 0.29) is 12.7 Å². The van der Waals surface area contributed by atoms with Crippen LogP contribution in [0.25, 0.3) is 11.0 Å². The summed E-state index contributed by atoms with van der Waals surface area (Å²) in [6.45, 7) is 1.63. The van der Waals surface area contributed by atoms with Gasteiger partial charge in [-0.2, -0.15) is 0 Å². The first kappa shape index (κ1) is 14.5. The fourth-order valence-electron chi connectivity index (χ4n) is 3.77. The second kappa shape index (κ2) is 5.63. The monoisotopic (exact) mass is 338 g/mol. The number of fused-ring (bicyclic) bond motifs is 2. The number of hydrogen-bond donors (Lipinski definition) is 2.